The molecule has 2 aliphatic rings. The summed E-state index contributed by atoms with van der Waals surface area (Å²) in [6.45, 7) is 9.86. The Hall–Kier alpha value is -1.10. The molecule has 2 aliphatic heterocycles. The van der Waals surface area contributed by atoms with E-state index in [0.717, 1.165) is 32.5 Å². The van der Waals surface area contributed by atoms with Crippen molar-refractivity contribution in [3.8, 4) is 0 Å². The number of likely N-dealkylation sites (tertiary alicyclic amines) is 1. The van der Waals surface area contributed by atoms with Crippen molar-refractivity contribution in [2.24, 2.45) is 5.92 Å². The zero-order chi connectivity index (χ0) is 14.2. The molecule has 2 rings (SSSR count). The highest BCUT2D eigenvalue weighted by atomic mass is 16.2. The second-order valence-electron chi connectivity index (χ2n) is 6.12. The van der Waals surface area contributed by atoms with Gasteiger partial charge in [-0.15, -0.1) is 0 Å². The first-order valence-corrected chi connectivity index (χ1v) is 7.24. The number of urea groups is 1. The van der Waals surface area contributed by atoms with Gasteiger partial charge in [-0.1, -0.05) is 13.8 Å². The Morgan fingerprint density at radius 2 is 1.79 bits per heavy atom. The maximum absolute atomic E-state index is 12.4. The van der Waals surface area contributed by atoms with Crippen LogP contribution in [-0.4, -0.2) is 65.4 Å². The van der Waals surface area contributed by atoms with Crippen LogP contribution in [0.25, 0.3) is 0 Å². The van der Waals surface area contributed by atoms with Gasteiger partial charge in [-0.3, -0.25) is 9.69 Å². The van der Waals surface area contributed by atoms with Crippen LogP contribution in [0.3, 0.4) is 0 Å². The van der Waals surface area contributed by atoms with Gasteiger partial charge in [0.25, 0.3) is 5.91 Å². The molecule has 0 aromatic rings. The summed E-state index contributed by atoms with van der Waals surface area (Å²) in [5.74, 6) is 0.628. The SMILES string of the molecule is CCN1C(=O)N(C)C(=O)C12CCN(CC(C)C)CC2. The standard InChI is InChI=1S/C14H25N3O2/c1-5-17-13(19)15(4)12(18)14(17)6-8-16(9-7-14)10-11(2)3/h11H,5-10H2,1-4H3. The Morgan fingerprint density at radius 3 is 2.26 bits per heavy atom. The molecule has 1 spiro atoms. The number of nitrogens with zero attached hydrogens (tertiary/aromatic N) is 3. The van der Waals surface area contributed by atoms with E-state index in [0.29, 0.717) is 12.5 Å². The summed E-state index contributed by atoms with van der Waals surface area (Å²) in [7, 11) is 1.60. The molecule has 19 heavy (non-hydrogen) atoms. The number of piperidine rings is 1. The monoisotopic (exact) mass is 267 g/mol. The van der Waals surface area contributed by atoms with Crippen molar-refractivity contribution in [2.75, 3.05) is 33.2 Å². The Bertz CT molecular complexity index is 373. The van der Waals surface area contributed by atoms with Crippen molar-refractivity contribution >= 4 is 11.9 Å². The average molecular weight is 267 g/mol. The van der Waals surface area contributed by atoms with Gasteiger partial charge in [0.05, 0.1) is 0 Å². The third-order valence-corrected chi connectivity index (χ3v) is 4.36. The van der Waals surface area contributed by atoms with E-state index in [1.54, 1.807) is 11.9 Å². The van der Waals surface area contributed by atoms with Crippen LogP contribution in [0.4, 0.5) is 4.79 Å². The van der Waals surface area contributed by atoms with Crippen LogP contribution in [0.2, 0.25) is 0 Å². The molecular weight excluding hydrogens is 242 g/mol. The maximum atomic E-state index is 12.4. The van der Waals surface area contributed by atoms with Gasteiger partial charge in [-0.05, 0) is 25.7 Å². The fourth-order valence-corrected chi connectivity index (χ4v) is 3.42. The minimum atomic E-state index is -0.561. The predicted molar refractivity (Wildman–Crippen MR) is 73.8 cm³/mol. The predicted octanol–water partition coefficient (Wildman–Crippen LogP) is 1.39. The smallest absolute Gasteiger partial charge is 0.310 e. The first-order chi connectivity index (χ1) is 8.92. The van der Waals surface area contributed by atoms with Crippen LogP contribution >= 0.6 is 0 Å². The normalized spacial score (nSPS) is 24.1. The quantitative estimate of drug-likeness (QED) is 0.726. The van der Waals surface area contributed by atoms with Crippen molar-refractivity contribution < 1.29 is 9.59 Å². The van der Waals surface area contributed by atoms with Gasteiger partial charge in [0.15, 0.2) is 0 Å². The summed E-state index contributed by atoms with van der Waals surface area (Å²) in [5.41, 5.74) is -0.561. The number of carbonyl (C=O) groups is 2. The molecule has 2 saturated heterocycles. The lowest BCUT2D eigenvalue weighted by atomic mass is 9.85. The van der Waals surface area contributed by atoms with Gasteiger partial charge >= 0.3 is 6.03 Å². The van der Waals surface area contributed by atoms with Crippen molar-refractivity contribution in [3.63, 3.8) is 0 Å². The largest absolute Gasteiger partial charge is 0.327 e. The Kier molecular flexibility index (Phi) is 3.85. The third kappa shape index (κ3) is 2.24. The molecule has 0 saturated carbocycles. The van der Waals surface area contributed by atoms with E-state index in [1.165, 1.54) is 4.90 Å². The molecule has 0 unspecified atom stereocenters. The molecule has 0 radical (unpaired) electrons. The van der Waals surface area contributed by atoms with Crippen LogP contribution in [0.15, 0.2) is 0 Å². The average Bonchev–Trinajstić information content (AvgIpc) is 2.54. The Morgan fingerprint density at radius 1 is 1.21 bits per heavy atom. The lowest BCUT2D eigenvalue weighted by Crippen LogP contribution is -2.56. The molecule has 2 fully saturated rings. The highest BCUT2D eigenvalue weighted by Crippen LogP contribution is 2.36. The molecule has 0 bridgehead atoms. The minimum Gasteiger partial charge on any atom is -0.310 e. The first-order valence-electron chi connectivity index (χ1n) is 7.24. The van der Waals surface area contributed by atoms with E-state index in [-0.39, 0.29) is 11.9 Å². The molecular formula is C14H25N3O2. The summed E-state index contributed by atoms with van der Waals surface area (Å²) in [4.78, 5) is 30.0. The first kappa shape index (κ1) is 14.3. The van der Waals surface area contributed by atoms with Crippen LogP contribution < -0.4 is 0 Å². The zero-order valence-corrected chi connectivity index (χ0v) is 12.5. The topological polar surface area (TPSA) is 43.9 Å². The molecule has 0 atom stereocenters. The molecule has 5 heteroatoms. The lowest BCUT2D eigenvalue weighted by Gasteiger charge is -2.42. The van der Waals surface area contributed by atoms with Gasteiger partial charge in [0.2, 0.25) is 0 Å². The van der Waals surface area contributed by atoms with Crippen LogP contribution in [0, 0.1) is 5.92 Å². The summed E-state index contributed by atoms with van der Waals surface area (Å²) in [6, 6.07) is -0.134. The molecule has 0 N–H and O–H groups in total. The second-order valence-corrected chi connectivity index (χ2v) is 6.12. The number of carbonyl (C=O) groups excluding carboxylic acids is 2. The van der Waals surface area contributed by atoms with Gasteiger partial charge in [-0.25, -0.2) is 4.79 Å². The molecule has 108 valence electrons. The molecule has 5 nitrogen and oxygen atoms in total. The Balaban J connectivity index is 2.12. The van der Waals surface area contributed by atoms with Crippen LogP contribution in [-0.2, 0) is 4.79 Å². The molecule has 0 aliphatic carbocycles. The zero-order valence-electron chi connectivity index (χ0n) is 12.5. The van der Waals surface area contributed by atoms with Crippen molar-refractivity contribution in [1.82, 2.24) is 14.7 Å². The molecule has 3 amide bonds. The highest BCUT2D eigenvalue weighted by Gasteiger charge is 2.56. The number of likely N-dealkylation sites (N-methyl/N-ethyl adjacent to an activating group) is 2. The molecule has 2 heterocycles. The summed E-state index contributed by atoms with van der Waals surface area (Å²) in [5, 5.41) is 0. The van der Waals surface area contributed by atoms with E-state index >= 15 is 0 Å². The van der Waals surface area contributed by atoms with E-state index < -0.39 is 5.54 Å². The summed E-state index contributed by atoms with van der Waals surface area (Å²) in [6.07, 6.45) is 1.53. The van der Waals surface area contributed by atoms with Gasteiger partial charge in [0.1, 0.15) is 5.54 Å². The lowest BCUT2D eigenvalue weighted by molar-refractivity contribution is -0.134. The van der Waals surface area contributed by atoms with Crippen molar-refractivity contribution in [1.29, 1.82) is 0 Å². The number of rotatable bonds is 3. The van der Waals surface area contributed by atoms with Gasteiger partial charge < -0.3 is 9.80 Å². The summed E-state index contributed by atoms with van der Waals surface area (Å²) >= 11 is 0. The Labute approximate surface area is 115 Å². The molecule has 0 aromatic carbocycles. The minimum absolute atomic E-state index is 0.0106. The fourth-order valence-electron chi connectivity index (χ4n) is 3.42. The fraction of sp³-hybridized carbons (Fsp3) is 0.857. The van der Waals surface area contributed by atoms with Crippen molar-refractivity contribution in [2.45, 2.75) is 39.2 Å². The number of hydrogen-bond acceptors (Lipinski definition) is 3. The maximum Gasteiger partial charge on any atom is 0.327 e. The van der Waals surface area contributed by atoms with Gasteiger partial charge in [0, 0.05) is 33.2 Å². The second kappa shape index (κ2) is 5.12. The van der Waals surface area contributed by atoms with E-state index in [9.17, 15) is 9.59 Å². The van der Waals surface area contributed by atoms with Crippen LogP contribution in [0.1, 0.15) is 33.6 Å². The highest BCUT2D eigenvalue weighted by molar-refractivity contribution is 6.06. The third-order valence-electron chi connectivity index (χ3n) is 4.36. The van der Waals surface area contributed by atoms with E-state index in [1.807, 2.05) is 6.92 Å². The number of amides is 3. The van der Waals surface area contributed by atoms with Crippen molar-refractivity contribution in [3.05, 3.63) is 0 Å². The summed E-state index contributed by atoms with van der Waals surface area (Å²) < 4.78 is 0. The number of hydrogen-bond donors (Lipinski definition) is 0. The van der Waals surface area contributed by atoms with Crippen LogP contribution in [0.5, 0.6) is 0 Å². The van der Waals surface area contributed by atoms with Gasteiger partial charge in [-0.2, -0.15) is 0 Å². The van der Waals surface area contributed by atoms with E-state index in [2.05, 4.69) is 18.7 Å². The molecule has 0 aromatic heterocycles. The van der Waals surface area contributed by atoms with E-state index in [4.69, 9.17) is 0 Å². The number of imide groups is 1.